The minimum absolute atomic E-state index is 0.144. The van der Waals surface area contributed by atoms with Crippen molar-refractivity contribution in [1.29, 1.82) is 0 Å². The monoisotopic (exact) mass is 246 g/mol. The maximum atomic E-state index is 4.14. The van der Waals surface area contributed by atoms with E-state index in [4.69, 9.17) is 0 Å². The van der Waals surface area contributed by atoms with Gasteiger partial charge in [0.15, 0.2) is 0 Å². The quantitative estimate of drug-likeness (QED) is 0.801. The molecule has 0 amide bonds. The molecule has 1 rings (SSSR count). The highest BCUT2D eigenvalue weighted by atomic mass is 15.1. The summed E-state index contributed by atoms with van der Waals surface area (Å²) in [6.45, 7) is 14.5. The van der Waals surface area contributed by atoms with Gasteiger partial charge in [-0.1, -0.05) is 18.7 Å². The average Bonchev–Trinajstić information content (AvgIpc) is 2.25. The number of aryl methyl sites for hydroxylation is 1. The van der Waals surface area contributed by atoms with Gasteiger partial charge in [0.05, 0.1) is 0 Å². The zero-order chi connectivity index (χ0) is 13.8. The Morgan fingerprint density at radius 2 is 2.00 bits per heavy atom. The van der Waals surface area contributed by atoms with Gasteiger partial charge < -0.3 is 10.2 Å². The molecule has 2 heteroatoms. The smallest absolute Gasteiger partial charge is 0.0395 e. The number of rotatable bonds is 5. The van der Waals surface area contributed by atoms with Crippen LogP contribution in [0.1, 0.15) is 26.3 Å². The van der Waals surface area contributed by atoms with E-state index in [1.807, 2.05) is 0 Å². The first-order valence-electron chi connectivity index (χ1n) is 6.47. The van der Waals surface area contributed by atoms with Crippen molar-refractivity contribution in [2.75, 3.05) is 25.0 Å². The predicted octanol–water partition coefficient (Wildman–Crippen LogP) is 3.38. The molecule has 0 aliphatic rings. The van der Waals surface area contributed by atoms with Crippen LogP contribution in [0, 0.1) is 6.92 Å². The number of hydrogen-bond acceptors (Lipinski definition) is 2. The van der Waals surface area contributed by atoms with E-state index in [1.54, 1.807) is 0 Å². The van der Waals surface area contributed by atoms with Crippen LogP contribution in [-0.4, -0.2) is 25.7 Å². The number of anilines is 1. The summed E-state index contributed by atoms with van der Waals surface area (Å²) in [7, 11) is 2.11. The molecule has 1 aromatic rings. The highest BCUT2D eigenvalue weighted by molar-refractivity contribution is 5.48. The van der Waals surface area contributed by atoms with Crippen molar-refractivity contribution in [3.63, 3.8) is 0 Å². The second kappa shape index (κ2) is 6.05. The molecule has 0 saturated carbocycles. The largest absolute Gasteiger partial charge is 0.371 e. The predicted molar refractivity (Wildman–Crippen MR) is 81.3 cm³/mol. The third-order valence-corrected chi connectivity index (χ3v) is 2.77. The highest BCUT2D eigenvalue weighted by Crippen LogP contribution is 2.15. The minimum atomic E-state index is 0.144. The van der Waals surface area contributed by atoms with Crippen LogP contribution in [0.5, 0.6) is 0 Å². The summed E-state index contributed by atoms with van der Waals surface area (Å²) in [5.74, 6) is 0. The summed E-state index contributed by atoms with van der Waals surface area (Å²) in [6.07, 6.45) is 0. The summed E-state index contributed by atoms with van der Waals surface area (Å²) < 4.78 is 0. The van der Waals surface area contributed by atoms with E-state index in [1.165, 1.54) is 16.8 Å². The van der Waals surface area contributed by atoms with Crippen LogP contribution in [0.3, 0.4) is 0 Å². The van der Waals surface area contributed by atoms with Crippen molar-refractivity contribution in [2.24, 2.45) is 0 Å². The van der Waals surface area contributed by atoms with Gasteiger partial charge in [-0.3, -0.25) is 0 Å². The van der Waals surface area contributed by atoms with Crippen molar-refractivity contribution < 1.29 is 0 Å². The number of likely N-dealkylation sites (N-methyl/N-ethyl adjacent to an activating group) is 1. The Hall–Kier alpha value is -1.28. The van der Waals surface area contributed by atoms with Crippen LogP contribution in [0.15, 0.2) is 36.4 Å². The Morgan fingerprint density at radius 3 is 2.56 bits per heavy atom. The van der Waals surface area contributed by atoms with E-state index in [0.717, 1.165) is 13.1 Å². The maximum absolute atomic E-state index is 4.14. The summed E-state index contributed by atoms with van der Waals surface area (Å²) in [4.78, 5) is 2.24. The third-order valence-electron chi connectivity index (χ3n) is 2.77. The van der Waals surface area contributed by atoms with Crippen molar-refractivity contribution in [2.45, 2.75) is 33.2 Å². The molecular weight excluding hydrogens is 220 g/mol. The Bertz CT molecular complexity index is 402. The first-order valence-corrected chi connectivity index (χ1v) is 6.47. The van der Waals surface area contributed by atoms with E-state index in [9.17, 15) is 0 Å². The second-order valence-corrected chi connectivity index (χ2v) is 6.05. The molecule has 0 aliphatic heterocycles. The first-order chi connectivity index (χ1) is 8.28. The topological polar surface area (TPSA) is 15.3 Å². The molecule has 0 heterocycles. The van der Waals surface area contributed by atoms with Crippen LogP contribution in [0.2, 0.25) is 0 Å². The molecule has 2 nitrogen and oxygen atoms in total. The summed E-state index contributed by atoms with van der Waals surface area (Å²) in [6, 6.07) is 8.55. The van der Waals surface area contributed by atoms with E-state index in [2.05, 4.69) is 75.8 Å². The van der Waals surface area contributed by atoms with Crippen molar-refractivity contribution in [1.82, 2.24) is 5.32 Å². The molecular formula is C16H26N2. The van der Waals surface area contributed by atoms with Gasteiger partial charge in [-0.25, -0.2) is 0 Å². The lowest BCUT2D eigenvalue weighted by Gasteiger charge is -2.25. The lowest BCUT2D eigenvalue weighted by atomic mass is 10.1. The zero-order valence-corrected chi connectivity index (χ0v) is 12.4. The molecule has 18 heavy (non-hydrogen) atoms. The van der Waals surface area contributed by atoms with Gasteiger partial charge in [-0.05, 0) is 51.0 Å². The fraction of sp³-hybridized carbons (Fsp3) is 0.500. The van der Waals surface area contributed by atoms with Gasteiger partial charge in [0.25, 0.3) is 0 Å². The molecule has 0 unspecified atom stereocenters. The molecule has 100 valence electrons. The first kappa shape index (κ1) is 14.8. The Labute approximate surface area is 112 Å². The van der Waals surface area contributed by atoms with Gasteiger partial charge >= 0.3 is 0 Å². The highest BCUT2D eigenvalue weighted by Gasteiger charge is 2.09. The summed E-state index contributed by atoms with van der Waals surface area (Å²) in [5.41, 5.74) is 3.88. The molecule has 0 aromatic heterocycles. The van der Waals surface area contributed by atoms with Gasteiger partial charge in [-0.2, -0.15) is 0 Å². The van der Waals surface area contributed by atoms with Crippen LogP contribution in [-0.2, 0) is 0 Å². The van der Waals surface area contributed by atoms with E-state index in [-0.39, 0.29) is 5.54 Å². The molecule has 0 fully saturated rings. The van der Waals surface area contributed by atoms with Gasteiger partial charge in [-0.15, -0.1) is 0 Å². The Morgan fingerprint density at radius 1 is 1.33 bits per heavy atom. The lowest BCUT2D eigenvalue weighted by Crippen LogP contribution is -2.38. The molecule has 1 N–H and O–H groups in total. The molecule has 0 bridgehead atoms. The molecule has 0 atom stereocenters. The second-order valence-electron chi connectivity index (χ2n) is 6.05. The van der Waals surface area contributed by atoms with E-state index < -0.39 is 0 Å². The van der Waals surface area contributed by atoms with E-state index in [0.29, 0.717) is 0 Å². The minimum Gasteiger partial charge on any atom is -0.371 e. The standard InChI is InChI=1S/C16H26N2/c1-13-8-7-9-15(10-13)18(6)12-14(2)11-17-16(3,4)5/h7-10,17H,2,11-12H2,1,3-6H3. The number of nitrogens with zero attached hydrogens (tertiary/aromatic N) is 1. The van der Waals surface area contributed by atoms with Gasteiger partial charge in [0, 0.05) is 31.4 Å². The molecule has 1 aromatic carbocycles. The molecule has 0 spiro atoms. The van der Waals surface area contributed by atoms with Crippen LogP contribution in [0.4, 0.5) is 5.69 Å². The van der Waals surface area contributed by atoms with E-state index >= 15 is 0 Å². The fourth-order valence-corrected chi connectivity index (χ4v) is 1.74. The average molecular weight is 246 g/mol. The molecule has 0 saturated heterocycles. The summed E-state index contributed by atoms with van der Waals surface area (Å²) in [5, 5.41) is 3.46. The van der Waals surface area contributed by atoms with Crippen molar-refractivity contribution >= 4 is 5.69 Å². The summed E-state index contributed by atoms with van der Waals surface area (Å²) >= 11 is 0. The Kier molecular flexibility index (Phi) is 4.97. The maximum Gasteiger partial charge on any atom is 0.0395 e. The van der Waals surface area contributed by atoms with Gasteiger partial charge in [0.1, 0.15) is 0 Å². The third kappa shape index (κ3) is 5.37. The lowest BCUT2D eigenvalue weighted by molar-refractivity contribution is 0.443. The normalized spacial score (nSPS) is 11.4. The van der Waals surface area contributed by atoms with Crippen molar-refractivity contribution in [3.05, 3.63) is 42.0 Å². The number of benzene rings is 1. The SMILES string of the molecule is C=C(CNC(C)(C)C)CN(C)c1cccc(C)c1. The molecule has 0 aliphatic carbocycles. The van der Waals surface area contributed by atoms with Crippen LogP contribution in [0.25, 0.3) is 0 Å². The number of nitrogens with one attached hydrogen (secondary N) is 1. The number of hydrogen-bond donors (Lipinski definition) is 1. The van der Waals surface area contributed by atoms with Crippen LogP contribution < -0.4 is 10.2 Å². The fourth-order valence-electron chi connectivity index (χ4n) is 1.74. The molecule has 0 radical (unpaired) electrons. The Balaban J connectivity index is 2.50. The zero-order valence-electron chi connectivity index (χ0n) is 12.4. The van der Waals surface area contributed by atoms with Gasteiger partial charge in [0.2, 0.25) is 0 Å². The van der Waals surface area contributed by atoms with Crippen LogP contribution >= 0.6 is 0 Å². The van der Waals surface area contributed by atoms with Crippen molar-refractivity contribution in [3.8, 4) is 0 Å².